The monoisotopic (exact) mass is 274 g/mol. The molecule has 1 aromatic heterocycles. The summed E-state index contributed by atoms with van der Waals surface area (Å²) in [5.74, 6) is 0.719. The molecule has 0 radical (unpaired) electrons. The molecule has 3 heterocycles. The van der Waals surface area contributed by atoms with Crippen molar-refractivity contribution in [3.8, 4) is 0 Å². The molecular weight excluding hydrogens is 248 g/mol. The second-order valence-electron chi connectivity index (χ2n) is 6.47. The van der Waals surface area contributed by atoms with E-state index in [0.717, 1.165) is 30.4 Å². The van der Waals surface area contributed by atoms with Crippen LogP contribution < -0.4 is 5.73 Å². The van der Waals surface area contributed by atoms with Crippen molar-refractivity contribution in [2.75, 3.05) is 33.2 Å². The maximum absolute atomic E-state index is 6.23. The Labute approximate surface area is 122 Å². The summed E-state index contributed by atoms with van der Waals surface area (Å²) >= 11 is 0. The van der Waals surface area contributed by atoms with E-state index < -0.39 is 0 Å². The van der Waals surface area contributed by atoms with Crippen molar-refractivity contribution in [2.45, 2.75) is 31.8 Å². The van der Waals surface area contributed by atoms with Crippen LogP contribution in [0.2, 0.25) is 0 Å². The second kappa shape index (κ2) is 5.43. The first-order chi connectivity index (χ1) is 9.64. The highest BCUT2D eigenvalue weighted by Gasteiger charge is 2.47. The molecule has 0 amide bonds. The summed E-state index contributed by atoms with van der Waals surface area (Å²) in [5, 5.41) is 0. The Kier molecular flexibility index (Phi) is 3.80. The van der Waals surface area contributed by atoms with E-state index in [1.165, 1.54) is 32.5 Å². The van der Waals surface area contributed by atoms with Crippen LogP contribution >= 0.6 is 0 Å². The van der Waals surface area contributed by atoms with Crippen LogP contribution in [0, 0.1) is 12.8 Å². The molecule has 1 aromatic rings. The Morgan fingerprint density at radius 1 is 1.45 bits per heavy atom. The van der Waals surface area contributed by atoms with Gasteiger partial charge in [0.15, 0.2) is 0 Å². The SMILES string of the molecule is Cc1cccc(CN(C)C2(CN)CCN3CCC2C3)n1. The zero-order valence-electron chi connectivity index (χ0n) is 12.7. The van der Waals surface area contributed by atoms with Gasteiger partial charge in [0.2, 0.25) is 0 Å². The standard InChI is InChI=1S/C16H26N4/c1-13-4-3-5-15(18-13)11-19(2)16(12-17)7-9-20-8-6-14(16)10-20/h3-5,14H,6-12,17H2,1-2H3. The minimum atomic E-state index is 0.165. The first-order valence-electron chi connectivity index (χ1n) is 7.70. The van der Waals surface area contributed by atoms with Gasteiger partial charge in [0.05, 0.1) is 5.69 Å². The average Bonchev–Trinajstić information content (AvgIpc) is 2.83. The Bertz CT molecular complexity index is 475. The van der Waals surface area contributed by atoms with Crippen molar-refractivity contribution in [1.82, 2.24) is 14.8 Å². The van der Waals surface area contributed by atoms with Crippen molar-refractivity contribution in [1.29, 1.82) is 0 Å². The number of hydrogen-bond donors (Lipinski definition) is 1. The number of nitrogens with zero attached hydrogens (tertiary/aromatic N) is 3. The molecule has 2 saturated heterocycles. The normalized spacial score (nSPS) is 32.8. The molecule has 0 aromatic carbocycles. The van der Waals surface area contributed by atoms with Crippen molar-refractivity contribution < 1.29 is 0 Å². The Hall–Kier alpha value is -0.970. The van der Waals surface area contributed by atoms with E-state index in [2.05, 4.69) is 47.0 Å². The molecule has 110 valence electrons. The second-order valence-corrected chi connectivity index (χ2v) is 6.47. The van der Waals surface area contributed by atoms with Gasteiger partial charge in [0.25, 0.3) is 0 Å². The maximum Gasteiger partial charge on any atom is 0.0547 e. The summed E-state index contributed by atoms with van der Waals surface area (Å²) in [6.07, 6.45) is 2.49. The largest absolute Gasteiger partial charge is 0.329 e. The summed E-state index contributed by atoms with van der Waals surface area (Å²) in [7, 11) is 2.23. The molecule has 2 aliphatic rings. The molecule has 0 saturated carbocycles. The van der Waals surface area contributed by atoms with Gasteiger partial charge < -0.3 is 10.6 Å². The third-order valence-corrected chi connectivity index (χ3v) is 5.35. The number of pyridine rings is 1. The zero-order valence-corrected chi connectivity index (χ0v) is 12.7. The van der Waals surface area contributed by atoms with Crippen LogP contribution in [0.5, 0.6) is 0 Å². The Morgan fingerprint density at radius 2 is 2.30 bits per heavy atom. The number of aromatic nitrogens is 1. The van der Waals surface area contributed by atoms with Gasteiger partial charge in [-0.2, -0.15) is 0 Å². The number of likely N-dealkylation sites (N-methyl/N-ethyl adjacent to an activating group) is 1. The van der Waals surface area contributed by atoms with Crippen LogP contribution in [-0.4, -0.2) is 53.5 Å². The molecule has 2 fully saturated rings. The minimum absolute atomic E-state index is 0.165. The molecule has 0 aliphatic carbocycles. The lowest BCUT2D eigenvalue weighted by molar-refractivity contribution is 0.0204. The van der Waals surface area contributed by atoms with Gasteiger partial charge in [-0.05, 0) is 58.0 Å². The third-order valence-electron chi connectivity index (χ3n) is 5.35. The maximum atomic E-state index is 6.23. The fourth-order valence-electron chi connectivity index (χ4n) is 4.05. The van der Waals surface area contributed by atoms with Gasteiger partial charge in [-0.15, -0.1) is 0 Å². The van der Waals surface area contributed by atoms with Gasteiger partial charge in [0.1, 0.15) is 0 Å². The summed E-state index contributed by atoms with van der Waals surface area (Å²) in [5.41, 5.74) is 8.64. The molecule has 20 heavy (non-hydrogen) atoms. The van der Waals surface area contributed by atoms with Gasteiger partial charge in [-0.3, -0.25) is 9.88 Å². The summed E-state index contributed by atoms with van der Waals surface area (Å²) in [6, 6.07) is 6.27. The molecular formula is C16H26N4. The number of aryl methyl sites for hydroxylation is 1. The lowest BCUT2D eigenvalue weighted by Crippen LogP contribution is -2.60. The lowest BCUT2D eigenvalue weighted by atomic mass is 9.77. The fourth-order valence-corrected chi connectivity index (χ4v) is 4.05. The van der Waals surface area contributed by atoms with E-state index in [0.29, 0.717) is 0 Å². The van der Waals surface area contributed by atoms with E-state index in [1.807, 2.05) is 0 Å². The molecule has 2 N–H and O–H groups in total. The van der Waals surface area contributed by atoms with Crippen LogP contribution in [0.25, 0.3) is 0 Å². The van der Waals surface area contributed by atoms with Gasteiger partial charge in [-0.1, -0.05) is 6.07 Å². The molecule has 2 bridgehead atoms. The third kappa shape index (κ3) is 2.36. The van der Waals surface area contributed by atoms with Crippen molar-refractivity contribution in [3.05, 3.63) is 29.6 Å². The molecule has 4 nitrogen and oxygen atoms in total. The summed E-state index contributed by atoms with van der Waals surface area (Å²) < 4.78 is 0. The molecule has 2 aliphatic heterocycles. The molecule has 3 unspecified atom stereocenters. The van der Waals surface area contributed by atoms with Crippen molar-refractivity contribution in [3.63, 3.8) is 0 Å². The molecule has 4 heteroatoms. The van der Waals surface area contributed by atoms with Crippen LogP contribution in [0.4, 0.5) is 0 Å². The summed E-state index contributed by atoms with van der Waals surface area (Å²) in [6.45, 7) is 7.38. The highest BCUT2D eigenvalue weighted by Crippen LogP contribution is 2.39. The first kappa shape index (κ1) is 14.0. The first-order valence-corrected chi connectivity index (χ1v) is 7.70. The number of rotatable bonds is 4. The smallest absolute Gasteiger partial charge is 0.0547 e. The van der Waals surface area contributed by atoms with E-state index in [1.54, 1.807) is 0 Å². The van der Waals surface area contributed by atoms with Crippen molar-refractivity contribution in [2.24, 2.45) is 11.7 Å². The van der Waals surface area contributed by atoms with Gasteiger partial charge >= 0.3 is 0 Å². The quantitative estimate of drug-likeness (QED) is 0.897. The van der Waals surface area contributed by atoms with Crippen LogP contribution in [0.1, 0.15) is 24.2 Å². The zero-order chi connectivity index (χ0) is 14.2. The molecule has 0 spiro atoms. The van der Waals surface area contributed by atoms with E-state index in [-0.39, 0.29) is 5.54 Å². The fraction of sp³-hybridized carbons (Fsp3) is 0.688. The predicted molar refractivity (Wildman–Crippen MR) is 81.4 cm³/mol. The minimum Gasteiger partial charge on any atom is -0.329 e. The van der Waals surface area contributed by atoms with Gasteiger partial charge in [0, 0.05) is 30.9 Å². The van der Waals surface area contributed by atoms with Crippen LogP contribution in [-0.2, 0) is 6.54 Å². The van der Waals surface area contributed by atoms with Crippen LogP contribution in [0.15, 0.2) is 18.2 Å². The molecule has 3 atom stereocenters. The van der Waals surface area contributed by atoms with Gasteiger partial charge in [-0.25, -0.2) is 0 Å². The highest BCUT2D eigenvalue weighted by atomic mass is 15.3. The topological polar surface area (TPSA) is 45.4 Å². The lowest BCUT2D eigenvalue weighted by Gasteiger charge is -2.48. The average molecular weight is 274 g/mol. The predicted octanol–water partition coefficient (Wildman–Crippen LogP) is 1.24. The van der Waals surface area contributed by atoms with E-state index in [4.69, 9.17) is 5.73 Å². The highest BCUT2D eigenvalue weighted by molar-refractivity contribution is 5.12. The van der Waals surface area contributed by atoms with Crippen LogP contribution in [0.3, 0.4) is 0 Å². The Balaban J connectivity index is 1.78. The number of nitrogens with two attached hydrogens (primary N) is 1. The number of fused-ring (bicyclic) bond motifs is 2. The van der Waals surface area contributed by atoms with E-state index in [9.17, 15) is 0 Å². The van der Waals surface area contributed by atoms with E-state index >= 15 is 0 Å². The number of hydrogen-bond acceptors (Lipinski definition) is 4. The number of piperidine rings is 1. The molecule has 3 rings (SSSR count). The summed E-state index contributed by atoms with van der Waals surface area (Å²) in [4.78, 5) is 9.70. The Morgan fingerprint density at radius 3 is 3.05 bits per heavy atom. The van der Waals surface area contributed by atoms with Crippen molar-refractivity contribution >= 4 is 0 Å².